The highest BCUT2D eigenvalue weighted by molar-refractivity contribution is 8.00. The second-order valence-electron chi connectivity index (χ2n) is 4.31. The number of aliphatic hydroxyl groups is 3. The minimum atomic E-state index is -1.00. The number of fused-ring (bicyclic) bond motifs is 1. The Labute approximate surface area is 112 Å². The van der Waals surface area contributed by atoms with Crippen molar-refractivity contribution in [2.24, 2.45) is 0 Å². The first kappa shape index (κ1) is 12.6. The number of imidazole rings is 1. The maximum absolute atomic E-state index is 10.1. The van der Waals surface area contributed by atoms with Crippen molar-refractivity contribution < 1.29 is 15.3 Å². The van der Waals surface area contributed by atoms with Crippen molar-refractivity contribution in [1.29, 1.82) is 0 Å². The summed E-state index contributed by atoms with van der Waals surface area (Å²) < 4.78 is 1.64. The summed E-state index contributed by atoms with van der Waals surface area (Å²) in [6, 6.07) is 0. The number of rotatable bonds is 2. The number of hydrogen-bond donors (Lipinski definition) is 4. The van der Waals surface area contributed by atoms with Crippen molar-refractivity contribution in [3.63, 3.8) is 0 Å². The lowest BCUT2D eigenvalue weighted by atomic mass is 10.1. The summed E-state index contributed by atoms with van der Waals surface area (Å²) in [7, 11) is 0. The molecule has 0 aromatic carbocycles. The summed E-state index contributed by atoms with van der Waals surface area (Å²) in [4.78, 5) is 12.1. The minimum absolute atomic E-state index is 0.205. The zero-order chi connectivity index (χ0) is 13.6. The lowest BCUT2D eigenvalue weighted by Crippen LogP contribution is -2.32. The predicted molar refractivity (Wildman–Crippen MR) is 69.3 cm³/mol. The molecule has 2 aromatic rings. The molecular weight excluding hydrogens is 270 g/mol. The van der Waals surface area contributed by atoms with Crippen molar-refractivity contribution >= 4 is 28.7 Å². The Morgan fingerprint density at radius 3 is 2.74 bits per heavy atom. The highest BCUT2D eigenvalue weighted by Gasteiger charge is 2.43. The van der Waals surface area contributed by atoms with Gasteiger partial charge in [-0.1, -0.05) is 0 Å². The van der Waals surface area contributed by atoms with Gasteiger partial charge in [-0.3, -0.25) is 4.57 Å². The van der Waals surface area contributed by atoms with Gasteiger partial charge in [0.15, 0.2) is 11.5 Å². The maximum Gasteiger partial charge on any atom is 0.166 e. The molecule has 19 heavy (non-hydrogen) atoms. The zero-order valence-corrected chi connectivity index (χ0v) is 10.6. The fraction of sp³-hybridized carbons (Fsp3) is 0.500. The molecule has 1 fully saturated rings. The Morgan fingerprint density at radius 2 is 2.05 bits per heavy atom. The molecule has 0 bridgehead atoms. The van der Waals surface area contributed by atoms with Crippen LogP contribution in [0.25, 0.3) is 11.2 Å². The molecule has 0 amide bonds. The Hall–Kier alpha value is -1.42. The van der Waals surface area contributed by atoms with Gasteiger partial charge in [0, 0.05) is 0 Å². The number of nitrogens with zero attached hydrogens (tertiary/aromatic N) is 4. The molecule has 9 heteroatoms. The molecule has 1 unspecified atom stereocenters. The maximum atomic E-state index is 10.1. The minimum Gasteiger partial charge on any atom is -0.395 e. The zero-order valence-electron chi connectivity index (χ0n) is 9.79. The third-order valence-corrected chi connectivity index (χ3v) is 4.74. The topological polar surface area (TPSA) is 130 Å². The van der Waals surface area contributed by atoms with E-state index in [1.807, 2.05) is 0 Å². The van der Waals surface area contributed by atoms with Crippen LogP contribution in [0.2, 0.25) is 0 Å². The fourth-order valence-electron chi connectivity index (χ4n) is 2.17. The summed E-state index contributed by atoms with van der Waals surface area (Å²) in [5.74, 6) is 0.264. The van der Waals surface area contributed by atoms with Gasteiger partial charge >= 0.3 is 0 Å². The first-order valence-electron chi connectivity index (χ1n) is 5.69. The second-order valence-corrected chi connectivity index (χ2v) is 5.67. The Morgan fingerprint density at radius 1 is 1.26 bits per heavy atom. The largest absolute Gasteiger partial charge is 0.395 e. The molecule has 0 saturated carbocycles. The summed E-state index contributed by atoms with van der Waals surface area (Å²) in [5.41, 5.74) is 6.65. The van der Waals surface area contributed by atoms with Crippen molar-refractivity contribution in [1.82, 2.24) is 19.5 Å². The van der Waals surface area contributed by atoms with Gasteiger partial charge in [-0.15, -0.1) is 11.8 Å². The normalized spacial score (nSPS) is 31.1. The molecule has 2 aromatic heterocycles. The van der Waals surface area contributed by atoms with Gasteiger partial charge in [0.2, 0.25) is 0 Å². The van der Waals surface area contributed by atoms with Crippen LogP contribution in [0.15, 0.2) is 12.7 Å². The smallest absolute Gasteiger partial charge is 0.166 e. The monoisotopic (exact) mass is 283 g/mol. The van der Waals surface area contributed by atoms with Crippen LogP contribution in [0.4, 0.5) is 5.82 Å². The number of nitrogen functional groups attached to an aromatic ring is 1. The number of nitrogens with two attached hydrogens (primary N) is 1. The van der Waals surface area contributed by atoms with Crippen LogP contribution in [0.5, 0.6) is 0 Å². The highest BCUT2D eigenvalue weighted by Crippen LogP contribution is 2.42. The van der Waals surface area contributed by atoms with Gasteiger partial charge < -0.3 is 21.1 Å². The van der Waals surface area contributed by atoms with E-state index in [-0.39, 0.29) is 12.4 Å². The van der Waals surface area contributed by atoms with Crippen LogP contribution >= 0.6 is 11.8 Å². The number of anilines is 1. The van der Waals surface area contributed by atoms with Crippen molar-refractivity contribution in [3.05, 3.63) is 12.7 Å². The van der Waals surface area contributed by atoms with E-state index in [4.69, 9.17) is 10.8 Å². The molecule has 1 saturated heterocycles. The van der Waals surface area contributed by atoms with Crippen molar-refractivity contribution in [3.8, 4) is 0 Å². The number of aromatic nitrogens is 4. The van der Waals surface area contributed by atoms with E-state index in [1.54, 1.807) is 4.57 Å². The Bertz CT molecular complexity index is 606. The first-order valence-corrected chi connectivity index (χ1v) is 6.63. The van der Waals surface area contributed by atoms with Crippen molar-refractivity contribution in [2.75, 3.05) is 12.3 Å². The molecule has 3 rings (SSSR count). The van der Waals surface area contributed by atoms with Crippen LogP contribution in [-0.2, 0) is 0 Å². The molecule has 4 atom stereocenters. The Balaban J connectivity index is 2.04. The molecule has 0 spiro atoms. The van der Waals surface area contributed by atoms with Gasteiger partial charge in [-0.05, 0) is 0 Å². The molecule has 1 aliphatic rings. The van der Waals surface area contributed by atoms with E-state index in [0.29, 0.717) is 11.2 Å². The van der Waals surface area contributed by atoms with Crippen LogP contribution in [0, 0.1) is 0 Å². The average molecular weight is 283 g/mol. The molecule has 0 radical (unpaired) electrons. The first-order chi connectivity index (χ1) is 9.13. The van der Waals surface area contributed by atoms with E-state index < -0.39 is 22.8 Å². The summed E-state index contributed by atoms with van der Waals surface area (Å²) >= 11 is 1.28. The number of thioether (sulfide) groups is 1. The highest BCUT2D eigenvalue weighted by atomic mass is 32.2. The van der Waals surface area contributed by atoms with E-state index in [1.165, 1.54) is 24.4 Å². The van der Waals surface area contributed by atoms with Crippen LogP contribution in [0.3, 0.4) is 0 Å². The lowest BCUT2D eigenvalue weighted by molar-refractivity contribution is 0.0113. The van der Waals surface area contributed by atoms with E-state index in [2.05, 4.69) is 15.0 Å². The molecule has 0 aliphatic carbocycles. The quantitative estimate of drug-likeness (QED) is 0.537. The molecule has 102 valence electrons. The molecular formula is C10H13N5O3S. The van der Waals surface area contributed by atoms with Crippen molar-refractivity contribution in [2.45, 2.75) is 22.8 Å². The van der Waals surface area contributed by atoms with E-state index in [9.17, 15) is 10.2 Å². The third kappa shape index (κ3) is 1.86. The van der Waals surface area contributed by atoms with E-state index in [0.717, 1.165) is 0 Å². The van der Waals surface area contributed by atoms with Crippen LogP contribution in [-0.4, -0.2) is 58.9 Å². The SMILES string of the molecule is Nc1ncnc2c1ncn2[C@@H]1S[C@H](CO)C(O)[C@@H]1O. The van der Waals surface area contributed by atoms with Gasteiger partial charge in [-0.2, -0.15) is 0 Å². The van der Waals surface area contributed by atoms with Crippen LogP contribution < -0.4 is 5.73 Å². The second kappa shape index (κ2) is 4.60. The van der Waals surface area contributed by atoms with E-state index >= 15 is 0 Å². The molecule has 8 nitrogen and oxygen atoms in total. The third-order valence-electron chi connectivity index (χ3n) is 3.18. The van der Waals surface area contributed by atoms with Crippen LogP contribution in [0.1, 0.15) is 5.37 Å². The van der Waals surface area contributed by atoms with Gasteiger partial charge in [0.05, 0.1) is 24.3 Å². The molecule has 3 heterocycles. The number of aliphatic hydroxyl groups excluding tert-OH is 3. The Kier molecular flexibility index (Phi) is 3.05. The van der Waals surface area contributed by atoms with Gasteiger partial charge in [-0.25, -0.2) is 15.0 Å². The van der Waals surface area contributed by atoms with Gasteiger partial charge in [0.1, 0.15) is 23.3 Å². The summed E-state index contributed by atoms with van der Waals surface area (Å²) in [5, 5.41) is 28.2. The summed E-state index contributed by atoms with van der Waals surface area (Å²) in [6.07, 6.45) is 0.831. The van der Waals surface area contributed by atoms with Gasteiger partial charge in [0.25, 0.3) is 0 Å². The summed E-state index contributed by atoms with van der Waals surface area (Å²) in [6.45, 7) is -0.205. The average Bonchev–Trinajstić information content (AvgIpc) is 2.94. The number of hydrogen-bond acceptors (Lipinski definition) is 8. The molecule has 5 N–H and O–H groups in total. The fourth-order valence-corrected chi connectivity index (χ4v) is 3.54. The predicted octanol–water partition coefficient (Wildman–Crippen LogP) is -1.26. The standard InChI is InChI=1S/C10H13N5O3S/c11-8-5-9(13-2-12-8)15(3-14-5)10-7(18)6(17)4(1-16)19-10/h2-4,6-7,10,16-18H,1H2,(H2,11,12,13)/t4-,6?,7+,10-/m1/s1. The lowest BCUT2D eigenvalue weighted by Gasteiger charge is -2.16. The molecule has 1 aliphatic heterocycles.